The number of nitrogens with one attached hydrogen (secondary N) is 2. The summed E-state index contributed by atoms with van der Waals surface area (Å²) in [6.07, 6.45) is -2.96. The summed E-state index contributed by atoms with van der Waals surface area (Å²) in [6, 6.07) is 3.84. The average molecular weight is 607 g/mol. The number of halogens is 6. The number of benzene rings is 1. The van der Waals surface area contributed by atoms with E-state index in [9.17, 15) is 31.5 Å². The molecular weight excluding hydrogens is 575 g/mol. The van der Waals surface area contributed by atoms with Crippen molar-refractivity contribution < 1.29 is 41.4 Å². The number of nitrogens with zero attached hydrogens (tertiary/aromatic N) is 2. The Hall–Kier alpha value is -2.77. The zero-order valence-electron chi connectivity index (χ0n) is 22.4. The van der Waals surface area contributed by atoms with Crippen molar-refractivity contribution in [3.63, 3.8) is 0 Å². The van der Waals surface area contributed by atoms with Gasteiger partial charge in [-0.2, -0.15) is 13.2 Å². The molecule has 2 saturated heterocycles. The lowest BCUT2D eigenvalue weighted by molar-refractivity contribution is -0.201. The van der Waals surface area contributed by atoms with Gasteiger partial charge < -0.3 is 20.5 Å². The van der Waals surface area contributed by atoms with E-state index < -0.39 is 54.1 Å². The van der Waals surface area contributed by atoms with Crippen molar-refractivity contribution in [1.29, 1.82) is 0 Å². The lowest BCUT2D eigenvalue weighted by Crippen LogP contribution is -2.56. The molecule has 14 heteroatoms. The molecular formula is C27H32ClF5N4O4. The zero-order chi connectivity index (χ0) is 30.1. The van der Waals surface area contributed by atoms with Crippen molar-refractivity contribution in [3.05, 3.63) is 40.9 Å². The van der Waals surface area contributed by atoms with Gasteiger partial charge in [-0.25, -0.2) is 8.78 Å². The molecule has 0 saturated carbocycles. The Morgan fingerprint density at radius 1 is 1.17 bits per heavy atom. The summed E-state index contributed by atoms with van der Waals surface area (Å²) in [4.78, 5) is 32.0. The quantitative estimate of drug-likeness (QED) is 0.289. The molecule has 8 nitrogen and oxygen atoms in total. The van der Waals surface area contributed by atoms with Crippen LogP contribution in [-0.4, -0.2) is 76.8 Å². The minimum atomic E-state index is -4.82. The highest BCUT2D eigenvalue weighted by molar-refractivity contribution is 6.30. The van der Waals surface area contributed by atoms with Gasteiger partial charge in [0.25, 0.3) is 12.3 Å². The Morgan fingerprint density at radius 2 is 1.83 bits per heavy atom. The largest absolute Gasteiger partial charge is 0.478 e. The third kappa shape index (κ3) is 7.36. The van der Waals surface area contributed by atoms with E-state index in [0.717, 1.165) is 18.9 Å². The van der Waals surface area contributed by atoms with Crippen LogP contribution in [0.25, 0.3) is 0 Å². The van der Waals surface area contributed by atoms with E-state index in [1.807, 2.05) is 0 Å². The summed E-state index contributed by atoms with van der Waals surface area (Å²) in [5.74, 6) is -2.11. The van der Waals surface area contributed by atoms with Crippen molar-refractivity contribution in [2.24, 2.45) is 10.9 Å². The molecule has 1 aromatic carbocycles. The molecule has 0 aromatic heterocycles. The second kappa shape index (κ2) is 12.2. The maximum Gasteiger partial charge on any atom is 0.416 e. The number of ether oxygens (including phenoxy) is 1. The summed E-state index contributed by atoms with van der Waals surface area (Å²) in [5.41, 5.74) is -1.83. The first-order valence-electron chi connectivity index (χ1n) is 13.2. The molecule has 4 rings (SSSR count). The number of piperidine rings is 1. The van der Waals surface area contributed by atoms with Crippen LogP contribution in [0, 0.1) is 5.92 Å². The topological polar surface area (TPSA) is 103 Å². The predicted molar refractivity (Wildman–Crippen MR) is 141 cm³/mol. The maximum atomic E-state index is 13.5. The number of aliphatic imine (C=N–C) groups is 1. The van der Waals surface area contributed by atoms with Crippen molar-refractivity contribution in [1.82, 2.24) is 15.5 Å². The number of dihydropyridines is 1. The number of alkyl halides is 5. The lowest BCUT2D eigenvalue weighted by Gasteiger charge is -2.42. The van der Waals surface area contributed by atoms with E-state index in [0.29, 0.717) is 12.8 Å². The Kier molecular flexibility index (Phi) is 9.29. The van der Waals surface area contributed by atoms with Gasteiger partial charge in [-0.15, -0.1) is 0 Å². The molecule has 3 aliphatic rings. The number of carbonyl (C=O) groups excluding carboxylic acids is 2. The Balaban J connectivity index is 1.31. The van der Waals surface area contributed by atoms with Crippen molar-refractivity contribution in [2.75, 3.05) is 6.54 Å². The molecule has 3 aliphatic heterocycles. The van der Waals surface area contributed by atoms with Crippen LogP contribution in [0.4, 0.5) is 22.0 Å². The van der Waals surface area contributed by atoms with E-state index in [4.69, 9.17) is 21.4 Å². The minimum absolute atomic E-state index is 0.0869. The van der Waals surface area contributed by atoms with E-state index in [1.165, 1.54) is 32.2 Å². The maximum absolute atomic E-state index is 13.5. The molecule has 2 bridgehead atoms. The molecule has 1 aromatic rings. The SMILES string of the molecule is CC(C)(Oc1ccc(Cl)cc1C(F)F)C(=O)NC1CC2CCC(C1)N2C1C=CC(C(=O)NCC(O)C(F)(F)F)C=N1. The number of aliphatic hydroxyl groups excluding tert-OH is 1. The minimum Gasteiger partial charge on any atom is -0.478 e. The van der Waals surface area contributed by atoms with Crippen LogP contribution in [0.3, 0.4) is 0 Å². The average Bonchev–Trinajstić information content (AvgIpc) is 3.17. The summed E-state index contributed by atoms with van der Waals surface area (Å²) in [5, 5.41) is 14.3. The van der Waals surface area contributed by atoms with Gasteiger partial charge in [-0.3, -0.25) is 19.5 Å². The predicted octanol–water partition coefficient (Wildman–Crippen LogP) is 4.17. The van der Waals surface area contributed by atoms with Crippen LogP contribution in [0.2, 0.25) is 5.02 Å². The second-order valence-electron chi connectivity index (χ2n) is 11.0. The fourth-order valence-corrected chi connectivity index (χ4v) is 5.67. The number of amides is 2. The first-order chi connectivity index (χ1) is 19.2. The highest BCUT2D eigenvalue weighted by Crippen LogP contribution is 2.39. The fraction of sp³-hybridized carbons (Fsp3) is 0.593. The second-order valence-corrected chi connectivity index (χ2v) is 11.4. The van der Waals surface area contributed by atoms with Gasteiger partial charge in [0.2, 0.25) is 5.91 Å². The van der Waals surface area contributed by atoms with Gasteiger partial charge in [0.1, 0.15) is 11.9 Å². The van der Waals surface area contributed by atoms with Gasteiger partial charge >= 0.3 is 6.18 Å². The Bertz CT molecular complexity index is 1170. The van der Waals surface area contributed by atoms with Gasteiger partial charge in [0, 0.05) is 29.4 Å². The van der Waals surface area contributed by atoms with E-state index >= 15 is 0 Å². The Labute approximate surface area is 239 Å². The third-order valence-electron chi connectivity index (χ3n) is 7.59. The number of rotatable bonds is 9. The van der Waals surface area contributed by atoms with E-state index in [1.54, 1.807) is 12.2 Å². The summed E-state index contributed by atoms with van der Waals surface area (Å²) in [7, 11) is 0. The number of hydrogen-bond acceptors (Lipinski definition) is 6. The van der Waals surface area contributed by atoms with Gasteiger partial charge in [-0.1, -0.05) is 17.7 Å². The highest BCUT2D eigenvalue weighted by Gasteiger charge is 2.45. The molecule has 0 spiro atoms. The van der Waals surface area contributed by atoms with Crippen LogP contribution in [0.5, 0.6) is 5.75 Å². The molecule has 3 heterocycles. The van der Waals surface area contributed by atoms with E-state index in [-0.39, 0.29) is 35.1 Å². The van der Waals surface area contributed by atoms with Gasteiger partial charge in [0.05, 0.1) is 18.0 Å². The summed E-state index contributed by atoms with van der Waals surface area (Å²) < 4.78 is 70.1. The molecule has 0 radical (unpaired) electrons. The lowest BCUT2D eigenvalue weighted by atomic mass is 9.95. The molecule has 5 unspecified atom stereocenters. The number of aliphatic hydroxyl groups is 1. The number of hydrogen-bond donors (Lipinski definition) is 3. The summed E-state index contributed by atoms with van der Waals surface area (Å²) >= 11 is 5.84. The normalized spacial score (nSPS) is 27.1. The number of fused-ring (bicyclic) bond motifs is 2. The van der Waals surface area contributed by atoms with Crippen LogP contribution in [0.1, 0.15) is 51.5 Å². The Morgan fingerprint density at radius 3 is 2.39 bits per heavy atom. The molecule has 3 N–H and O–H groups in total. The van der Waals surface area contributed by atoms with Crippen molar-refractivity contribution in [2.45, 2.75) is 88.1 Å². The first-order valence-corrected chi connectivity index (χ1v) is 13.6. The molecule has 5 atom stereocenters. The van der Waals surface area contributed by atoms with Crippen LogP contribution in [0.15, 0.2) is 35.3 Å². The molecule has 41 heavy (non-hydrogen) atoms. The van der Waals surface area contributed by atoms with Gasteiger partial charge in [0.15, 0.2) is 11.7 Å². The molecule has 0 aliphatic carbocycles. The molecule has 2 amide bonds. The van der Waals surface area contributed by atoms with Crippen molar-refractivity contribution >= 4 is 29.6 Å². The monoisotopic (exact) mass is 606 g/mol. The van der Waals surface area contributed by atoms with Crippen LogP contribution >= 0.6 is 11.6 Å². The van der Waals surface area contributed by atoms with Gasteiger partial charge in [-0.05, 0) is 63.8 Å². The smallest absolute Gasteiger partial charge is 0.416 e. The standard InChI is InChI=1S/C27H32ClF5N4O4/c1-26(2,41-20-7-4-15(28)9-19(20)23(29)30)25(40)36-16-10-17-5-6-18(11-16)37(17)22-8-3-14(12-34-22)24(39)35-13-21(38)27(31,32)33/h3-4,7-9,12,14,16-18,21-23,38H,5-6,10-11,13H2,1-2H3,(H,35,39)(H,36,40). The zero-order valence-corrected chi connectivity index (χ0v) is 23.1. The fourth-order valence-electron chi connectivity index (χ4n) is 5.49. The molecule has 2 fully saturated rings. The van der Waals surface area contributed by atoms with Crippen LogP contribution in [-0.2, 0) is 9.59 Å². The number of carbonyl (C=O) groups is 2. The highest BCUT2D eigenvalue weighted by atomic mass is 35.5. The van der Waals surface area contributed by atoms with Crippen molar-refractivity contribution in [3.8, 4) is 5.75 Å². The molecule has 226 valence electrons. The van der Waals surface area contributed by atoms with Crippen LogP contribution < -0.4 is 15.4 Å². The van der Waals surface area contributed by atoms with E-state index in [2.05, 4.69) is 20.5 Å². The first kappa shape index (κ1) is 31.2. The summed E-state index contributed by atoms with van der Waals surface area (Å²) in [6.45, 7) is 2.07. The third-order valence-corrected chi connectivity index (χ3v) is 7.82.